The van der Waals surface area contributed by atoms with Crippen LogP contribution in [0.15, 0.2) is 29.8 Å². The quantitative estimate of drug-likeness (QED) is 0.759. The van der Waals surface area contributed by atoms with Crippen molar-refractivity contribution in [1.82, 2.24) is 0 Å². The number of allylic oxidation sites excluding steroid dienone is 1. The zero-order valence-corrected chi connectivity index (χ0v) is 9.34. The smallest absolute Gasteiger partial charge is 0.406 e. The number of hydrogen-bond acceptors (Lipinski definition) is 2. The summed E-state index contributed by atoms with van der Waals surface area (Å²) < 4.78 is 39.7. The summed E-state index contributed by atoms with van der Waals surface area (Å²) in [4.78, 5) is 11.0. The van der Waals surface area contributed by atoms with Crippen LogP contribution in [-0.4, -0.2) is 12.1 Å². The lowest BCUT2D eigenvalue weighted by atomic mass is 10.1. The molecule has 1 rings (SSSR count). The fraction of sp³-hybridized carbons (Fsp3) is 0.250. The predicted molar refractivity (Wildman–Crippen MR) is 57.5 cm³/mol. The van der Waals surface area contributed by atoms with E-state index < -0.39 is 6.36 Å². The van der Waals surface area contributed by atoms with Gasteiger partial charge in [0.2, 0.25) is 0 Å². The van der Waals surface area contributed by atoms with Crippen LogP contribution in [0.4, 0.5) is 13.2 Å². The maximum absolute atomic E-state index is 12.0. The summed E-state index contributed by atoms with van der Waals surface area (Å²) in [5, 5.41) is 0. The lowest BCUT2D eigenvalue weighted by molar-refractivity contribution is -0.274. The van der Waals surface area contributed by atoms with E-state index in [1.807, 2.05) is 0 Å². The van der Waals surface area contributed by atoms with Gasteiger partial charge >= 0.3 is 6.36 Å². The van der Waals surface area contributed by atoms with Crippen molar-refractivity contribution in [1.29, 1.82) is 0 Å². The number of carbonyl (C=O) groups excluding carboxylic acids is 1. The highest BCUT2D eigenvalue weighted by Crippen LogP contribution is 2.24. The highest BCUT2D eigenvalue weighted by atomic mass is 19.4. The maximum atomic E-state index is 12.0. The zero-order chi connectivity index (χ0) is 13.1. The number of halogens is 3. The summed E-state index contributed by atoms with van der Waals surface area (Å²) in [6.45, 7) is 2.99. The second-order valence-electron chi connectivity index (χ2n) is 3.50. The zero-order valence-electron chi connectivity index (χ0n) is 9.34. The molecule has 92 valence electrons. The van der Waals surface area contributed by atoms with E-state index in [0.717, 1.165) is 0 Å². The molecule has 0 saturated carbocycles. The van der Waals surface area contributed by atoms with E-state index in [0.29, 0.717) is 11.1 Å². The van der Waals surface area contributed by atoms with Crippen LogP contribution < -0.4 is 4.74 Å². The number of benzene rings is 1. The molecule has 0 N–H and O–H groups in total. The van der Waals surface area contributed by atoms with Crippen LogP contribution in [0.3, 0.4) is 0 Å². The fourth-order valence-electron chi connectivity index (χ4n) is 1.15. The van der Waals surface area contributed by atoms with Gasteiger partial charge < -0.3 is 4.74 Å². The number of Topliss-reactive ketones (excluding diaryl/α,β-unsaturated/α-hetero) is 1. The molecular weight excluding hydrogens is 233 g/mol. The van der Waals surface area contributed by atoms with Gasteiger partial charge in [0.05, 0.1) is 0 Å². The monoisotopic (exact) mass is 244 g/mol. The Kier molecular flexibility index (Phi) is 3.93. The Hall–Kier alpha value is -1.78. The molecular formula is C12H11F3O2. The van der Waals surface area contributed by atoms with Gasteiger partial charge in [0, 0.05) is 0 Å². The minimum absolute atomic E-state index is 0.132. The third-order valence-electron chi connectivity index (χ3n) is 2.03. The minimum Gasteiger partial charge on any atom is -0.406 e. The molecule has 0 unspecified atom stereocenters. The Bertz CT molecular complexity index is 447. The maximum Gasteiger partial charge on any atom is 0.573 e. The molecule has 0 aliphatic carbocycles. The summed E-state index contributed by atoms with van der Waals surface area (Å²) in [5.41, 5.74) is 0.952. The Labute approximate surface area is 96.7 Å². The van der Waals surface area contributed by atoms with Gasteiger partial charge in [-0.1, -0.05) is 12.1 Å². The summed E-state index contributed by atoms with van der Waals surface area (Å²) in [6.07, 6.45) is -3.20. The van der Waals surface area contributed by atoms with Crippen molar-refractivity contribution >= 4 is 11.9 Å². The Morgan fingerprint density at radius 1 is 1.29 bits per heavy atom. The number of alkyl halides is 3. The van der Waals surface area contributed by atoms with Crippen molar-refractivity contribution < 1.29 is 22.7 Å². The van der Waals surface area contributed by atoms with Crippen molar-refractivity contribution in [2.75, 3.05) is 0 Å². The van der Waals surface area contributed by atoms with Crippen molar-refractivity contribution in [2.24, 2.45) is 0 Å². The molecule has 0 fully saturated rings. The van der Waals surface area contributed by atoms with Gasteiger partial charge in [-0.2, -0.15) is 0 Å². The topological polar surface area (TPSA) is 26.3 Å². The summed E-state index contributed by atoms with van der Waals surface area (Å²) in [6, 6.07) is 5.45. The normalized spacial score (nSPS) is 12.4. The second-order valence-corrected chi connectivity index (χ2v) is 3.50. The molecule has 0 aliphatic heterocycles. The van der Waals surface area contributed by atoms with E-state index >= 15 is 0 Å². The average Bonchev–Trinajstić information content (AvgIpc) is 2.15. The van der Waals surface area contributed by atoms with Crippen LogP contribution in [0.25, 0.3) is 6.08 Å². The molecule has 5 heteroatoms. The first kappa shape index (κ1) is 13.3. The van der Waals surface area contributed by atoms with Gasteiger partial charge in [-0.25, -0.2) is 0 Å². The molecule has 0 saturated heterocycles. The molecule has 2 nitrogen and oxygen atoms in total. The van der Waals surface area contributed by atoms with Gasteiger partial charge in [0.1, 0.15) is 5.75 Å². The van der Waals surface area contributed by atoms with E-state index in [1.54, 1.807) is 13.0 Å². The third-order valence-corrected chi connectivity index (χ3v) is 2.03. The lowest BCUT2D eigenvalue weighted by Gasteiger charge is -2.09. The number of ether oxygens (including phenoxy) is 1. The van der Waals surface area contributed by atoms with Crippen LogP contribution in [0.5, 0.6) is 5.75 Å². The average molecular weight is 244 g/mol. The van der Waals surface area contributed by atoms with E-state index in [2.05, 4.69) is 4.74 Å². The molecule has 0 amide bonds. The first-order chi connectivity index (χ1) is 7.78. The summed E-state index contributed by atoms with van der Waals surface area (Å²) in [5.74, 6) is -0.435. The number of ketones is 1. The van der Waals surface area contributed by atoms with Crippen molar-refractivity contribution in [3.8, 4) is 5.75 Å². The SMILES string of the molecule is CC(=O)/C(C)=C/c1cccc(OC(F)(F)F)c1. The fourth-order valence-corrected chi connectivity index (χ4v) is 1.15. The lowest BCUT2D eigenvalue weighted by Crippen LogP contribution is -2.17. The van der Waals surface area contributed by atoms with Crippen LogP contribution in [0.2, 0.25) is 0 Å². The van der Waals surface area contributed by atoms with Crippen LogP contribution in [0, 0.1) is 0 Å². The molecule has 1 aromatic rings. The van der Waals surface area contributed by atoms with E-state index in [-0.39, 0.29) is 11.5 Å². The third kappa shape index (κ3) is 4.72. The van der Waals surface area contributed by atoms with Gasteiger partial charge in [-0.05, 0) is 43.2 Å². The van der Waals surface area contributed by atoms with Gasteiger partial charge in [-0.15, -0.1) is 13.2 Å². The highest BCUT2D eigenvalue weighted by molar-refractivity contribution is 5.97. The van der Waals surface area contributed by atoms with Gasteiger partial charge in [0.25, 0.3) is 0 Å². The van der Waals surface area contributed by atoms with Gasteiger partial charge in [0.15, 0.2) is 5.78 Å². The van der Waals surface area contributed by atoms with Crippen molar-refractivity contribution in [2.45, 2.75) is 20.2 Å². The van der Waals surface area contributed by atoms with Crippen LogP contribution >= 0.6 is 0 Å². The standard InChI is InChI=1S/C12H11F3O2/c1-8(9(2)16)6-10-4-3-5-11(7-10)17-12(13,14)15/h3-7H,1-2H3/b8-6+. The molecule has 0 radical (unpaired) electrons. The van der Waals surface area contributed by atoms with Crippen molar-refractivity contribution in [3.63, 3.8) is 0 Å². The molecule has 0 heterocycles. The van der Waals surface area contributed by atoms with E-state index in [4.69, 9.17) is 0 Å². The Balaban J connectivity index is 2.94. The van der Waals surface area contributed by atoms with E-state index in [1.165, 1.54) is 31.2 Å². The summed E-state index contributed by atoms with van der Waals surface area (Å²) in [7, 11) is 0. The Morgan fingerprint density at radius 2 is 1.94 bits per heavy atom. The Morgan fingerprint density at radius 3 is 2.47 bits per heavy atom. The molecule has 0 aromatic heterocycles. The largest absolute Gasteiger partial charge is 0.573 e. The van der Waals surface area contributed by atoms with Crippen LogP contribution in [0.1, 0.15) is 19.4 Å². The molecule has 0 aliphatic rings. The molecule has 0 spiro atoms. The predicted octanol–water partition coefficient (Wildman–Crippen LogP) is 3.58. The molecule has 1 aromatic carbocycles. The van der Waals surface area contributed by atoms with Crippen LogP contribution in [-0.2, 0) is 4.79 Å². The highest BCUT2D eigenvalue weighted by Gasteiger charge is 2.30. The second kappa shape index (κ2) is 5.03. The van der Waals surface area contributed by atoms with Crippen molar-refractivity contribution in [3.05, 3.63) is 35.4 Å². The van der Waals surface area contributed by atoms with Gasteiger partial charge in [-0.3, -0.25) is 4.79 Å². The number of hydrogen-bond donors (Lipinski definition) is 0. The molecule has 0 atom stereocenters. The number of carbonyl (C=O) groups is 1. The first-order valence-electron chi connectivity index (χ1n) is 4.83. The number of rotatable bonds is 3. The first-order valence-corrected chi connectivity index (χ1v) is 4.83. The molecule has 0 bridgehead atoms. The summed E-state index contributed by atoms with van der Waals surface area (Å²) >= 11 is 0. The molecule has 17 heavy (non-hydrogen) atoms. The minimum atomic E-state index is -4.71. The van der Waals surface area contributed by atoms with E-state index in [9.17, 15) is 18.0 Å².